The third-order valence-electron chi connectivity index (χ3n) is 10.5. The van der Waals surface area contributed by atoms with Gasteiger partial charge in [0.05, 0.1) is 0 Å². The van der Waals surface area contributed by atoms with Crippen molar-refractivity contribution in [2.45, 2.75) is 110 Å². The van der Waals surface area contributed by atoms with Crippen molar-refractivity contribution in [3.8, 4) is 0 Å². The number of hydrogen-bond acceptors (Lipinski definition) is 2. The number of unbranched alkanes of at least 4 members (excludes halogenated alkanes) is 2. The zero-order valence-electron chi connectivity index (χ0n) is 27.9. The van der Waals surface area contributed by atoms with Crippen molar-refractivity contribution < 1.29 is 0 Å². The molecule has 4 atom stereocenters. The molecule has 232 valence electrons. The van der Waals surface area contributed by atoms with Crippen molar-refractivity contribution in [1.82, 2.24) is 9.88 Å². The van der Waals surface area contributed by atoms with Crippen LogP contribution in [0.15, 0.2) is 97.1 Å². The Hall–Kier alpha value is -2.72. The molecule has 3 aliphatic rings. The van der Waals surface area contributed by atoms with Crippen molar-refractivity contribution in [3.63, 3.8) is 0 Å². The van der Waals surface area contributed by atoms with Crippen LogP contribution in [0.5, 0.6) is 0 Å². The Morgan fingerprint density at radius 3 is 1.68 bits per heavy atom. The van der Waals surface area contributed by atoms with Gasteiger partial charge in [-0.2, -0.15) is 0 Å². The van der Waals surface area contributed by atoms with E-state index < -0.39 is 8.24 Å². The highest BCUT2D eigenvalue weighted by molar-refractivity contribution is 7.01. The maximum atomic E-state index is 4.49. The first-order valence-corrected chi connectivity index (χ1v) is 19.5. The molecular weight excluding hydrogens is 549 g/mol. The predicted octanol–water partition coefficient (Wildman–Crippen LogP) is 8.34. The predicted molar refractivity (Wildman–Crippen MR) is 191 cm³/mol. The van der Waals surface area contributed by atoms with E-state index in [1.165, 1.54) is 67.2 Å². The van der Waals surface area contributed by atoms with Crippen LogP contribution in [0, 0.1) is 11.8 Å². The second-order valence-corrected chi connectivity index (χ2v) is 18.6. The van der Waals surface area contributed by atoms with Crippen LogP contribution < -0.4 is 15.4 Å². The topological polar surface area (TPSA) is 15.3 Å². The highest BCUT2D eigenvalue weighted by Crippen LogP contribution is 2.52. The molecule has 2 nitrogen and oxygen atoms in total. The molecule has 1 aliphatic heterocycles. The van der Waals surface area contributed by atoms with E-state index in [2.05, 4.69) is 142 Å². The Labute approximate surface area is 268 Å². The highest BCUT2D eigenvalue weighted by Gasteiger charge is 2.57. The molecule has 1 fully saturated rings. The summed E-state index contributed by atoms with van der Waals surface area (Å²) in [5, 5.41) is 3.09. The highest BCUT2D eigenvalue weighted by atomic mass is 28.3. The number of fused-ring (bicyclic) bond motifs is 2. The SMILES string of the molecule is CCCCc1ccc([Si](NC(C)(C)C)(c2ccc(CCCC)cc2)[C@H]2CC(N3Cc4ccccc4C3)C3C=CC=CC32)cc1. The lowest BCUT2D eigenvalue weighted by molar-refractivity contribution is 0.171. The molecule has 0 spiro atoms. The van der Waals surface area contributed by atoms with Crippen LogP contribution in [-0.4, -0.2) is 24.7 Å². The summed E-state index contributed by atoms with van der Waals surface area (Å²) in [5.74, 6) is 1.07. The number of hydrogen-bond donors (Lipinski definition) is 1. The van der Waals surface area contributed by atoms with Crippen LogP contribution in [0.25, 0.3) is 0 Å². The van der Waals surface area contributed by atoms with Gasteiger partial charge in [-0.3, -0.25) is 4.90 Å². The van der Waals surface area contributed by atoms with E-state index in [1.807, 2.05) is 0 Å². The molecule has 0 bridgehead atoms. The lowest BCUT2D eigenvalue weighted by Crippen LogP contribution is -2.75. The molecular formula is C41H54N2Si. The second-order valence-electron chi connectivity index (χ2n) is 14.8. The van der Waals surface area contributed by atoms with Gasteiger partial charge in [-0.25, -0.2) is 0 Å². The summed E-state index contributed by atoms with van der Waals surface area (Å²) < 4.78 is 0. The molecule has 3 aromatic rings. The maximum Gasteiger partial charge on any atom is 0.194 e. The first-order valence-electron chi connectivity index (χ1n) is 17.5. The average Bonchev–Trinajstić information content (AvgIpc) is 3.64. The van der Waals surface area contributed by atoms with Gasteiger partial charge in [-0.15, -0.1) is 0 Å². The molecule has 1 heterocycles. The van der Waals surface area contributed by atoms with Crippen molar-refractivity contribution in [2.75, 3.05) is 0 Å². The summed E-state index contributed by atoms with van der Waals surface area (Å²) in [4.78, 5) is 7.30. The van der Waals surface area contributed by atoms with E-state index in [9.17, 15) is 0 Å². The number of benzene rings is 3. The van der Waals surface area contributed by atoms with Crippen LogP contribution in [0.1, 0.15) is 89.0 Å². The van der Waals surface area contributed by atoms with Gasteiger partial charge in [-0.05, 0) is 103 Å². The fourth-order valence-corrected chi connectivity index (χ4v) is 14.2. The van der Waals surface area contributed by atoms with E-state index in [0.717, 1.165) is 13.1 Å². The fraction of sp³-hybridized carbons (Fsp3) is 0.463. The molecule has 2 aliphatic carbocycles. The zero-order valence-corrected chi connectivity index (χ0v) is 28.9. The van der Waals surface area contributed by atoms with Gasteiger partial charge in [0.15, 0.2) is 8.24 Å². The quantitative estimate of drug-likeness (QED) is 0.222. The molecule has 3 aromatic carbocycles. The van der Waals surface area contributed by atoms with Gasteiger partial charge in [0, 0.05) is 24.7 Å². The van der Waals surface area contributed by atoms with E-state index in [4.69, 9.17) is 0 Å². The summed E-state index contributed by atoms with van der Waals surface area (Å²) in [6.45, 7) is 13.9. The summed E-state index contributed by atoms with van der Waals surface area (Å²) in [7, 11) is -2.50. The van der Waals surface area contributed by atoms with E-state index in [0.29, 0.717) is 23.4 Å². The number of nitrogens with one attached hydrogen (secondary N) is 1. The molecule has 3 heteroatoms. The lowest BCUT2D eigenvalue weighted by atomic mass is 9.89. The normalized spacial score (nSPS) is 23.2. The minimum atomic E-state index is -2.50. The number of aryl methyl sites for hydroxylation is 2. The average molecular weight is 603 g/mol. The summed E-state index contributed by atoms with van der Waals surface area (Å²) in [5.41, 5.74) is 6.52. The van der Waals surface area contributed by atoms with Crippen molar-refractivity contribution in [2.24, 2.45) is 11.8 Å². The number of nitrogens with zero attached hydrogens (tertiary/aromatic N) is 1. The second kappa shape index (κ2) is 13.3. The first kappa shape index (κ1) is 31.3. The van der Waals surface area contributed by atoms with Crippen molar-refractivity contribution in [3.05, 3.63) is 119 Å². The third-order valence-corrected chi connectivity index (χ3v) is 15.9. The van der Waals surface area contributed by atoms with Gasteiger partial charge < -0.3 is 4.98 Å². The number of rotatable bonds is 11. The minimum absolute atomic E-state index is 0.0142. The molecule has 0 saturated heterocycles. The largest absolute Gasteiger partial charge is 0.325 e. The van der Waals surface area contributed by atoms with Gasteiger partial charge in [0.25, 0.3) is 0 Å². The summed E-state index contributed by atoms with van der Waals surface area (Å²) in [6, 6.07) is 29.6. The summed E-state index contributed by atoms with van der Waals surface area (Å²) >= 11 is 0. The maximum absolute atomic E-state index is 4.49. The Morgan fingerprint density at radius 2 is 1.20 bits per heavy atom. The van der Waals surface area contributed by atoms with Gasteiger partial charge in [0.2, 0.25) is 0 Å². The van der Waals surface area contributed by atoms with Crippen LogP contribution in [0.3, 0.4) is 0 Å². The molecule has 0 amide bonds. The Balaban J connectivity index is 1.46. The van der Waals surface area contributed by atoms with Crippen LogP contribution in [0.4, 0.5) is 0 Å². The lowest BCUT2D eigenvalue weighted by Gasteiger charge is -2.46. The number of allylic oxidation sites excluding steroid dienone is 3. The molecule has 0 radical (unpaired) electrons. The summed E-state index contributed by atoms with van der Waals surface area (Å²) in [6.07, 6.45) is 18.3. The van der Waals surface area contributed by atoms with Crippen molar-refractivity contribution >= 4 is 18.6 Å². The molecule has 44 heavy (non-hydrogen) atoms. The monoisotopic (exact) mass is 602 g/mol. The third kappa shape index (κ3) is 6.34. The molecule has 0 aromatic heterocycles. The zero-order chi connectivity index (χ0) is 30.7. The standard InChI is InChI=1S/C41H54N2Si/c1-6-8-14-31-20-24-35(25-21-31)44(42-41(3,4)5,36-26-22-32(23-27-36)15-9-7-2)40-28-39(37-18-12-13-19-38(37)40)43-29-33-16-10-11-17-34(33)30-43/h10-13,16-27,37-40,42H,6-9,14-15,28-30H2,1-5H3/t37?,38?,39?,40-/m0/s1. The Morgan fingerprint density at radius 1 is 0.705 bits per heavy atom. The van der Waals surface area contributed by atoms with Crippen LogP contribution in [-0.2, 0) is 25.9 Å². The van der Waals surface area contributed by atoms with Crippen molar-refractivity contribution in [1.29, 1.82) is 0 Å². The Bertz CT molecular complexity index is 1370. The van der Waals surface area contributed by atoms with E-state index in [1.54, 1.807) is 10.4 Å². The first-order chi connectivity index (χ1) is 21.3. The molecule has 1 N–H and O–H groups in total. The van der Waals surface area contributed by atoms with Gasteiger partial charge >= 0.3 is 0 Å². The molecule has 1 saturated carbocycles. The van der Waals surface area contributed by atoms with E-state index in [-0.39, 0.29) is 5.54 Å². The van der Waals surface area contributed by atoms with Crippen LogP contribution in [0.2, 0.25) is 5.54 Å². The molecule has 6 rings (SSSR count). The Kier molecular flexibility index (Phi) is 9.47. The van der Waals surface area contributed by atoms with Gasteiger partial charge in [0.1, 0.15) is 0 Å². The minimum Gasteiger partial charge on any atom is -0.325 e. The van der Waals surface area contributed by atoms with E-state index >= 15 is 0 Å². The van der Waals surface area contributed by atoms with Gasteiger partial charge in [-0.1, -0.05) is 124 Å². The molecule has 3 unspecified atom stereocenters. The smallest absolute Gasteiger partial charge is 0.194 e. The fourth-order valence-electron chi connectivity index (χ4n) is 8.51. The van der Waals surface area contributed by atoms with Crippen LogP contribution >= 0.6 is 0 Å².